The largest absolute Gasteiger partial charge is 0.479 e. The molecule has 1 aromatic heterocycles. The van der Waals surface area contributed by atoms with E-state index in [1.165, 1.54) is 0 Å². The van der Waals surface area contributed by atoms with Gasteiger partial charge in [-0.05, 0) is 55.8 Å². The van der Waals surface area contributed by atoms with Gasteiger partial charge in [0.1, 0.15) is 22.7 Å². The number of hydrogen-bond acceptors (Lipinski definition) is 4. The van der Waals surface area contributed by atoms with Crippen LogP contribution >= 0.6 is 0 Å². The van der Waals surface area contributed by atoms with E-state index in [0.29, 0.717) is 11.5 Å². The summed E-state index contributed by atoms with van der Waals surface area (Å²) in [7, 11) is 0. The standard InChI is InChI=1S/C22H18O4/c1-14-6-5-7-16(12-14)24-15(2)22(23)25-17-10-11-21-19(13-17)18-8-3-4-9-20(18)26-21/h3-13,15H,1-2H3/t15-/m1/s1. The highest BCUT2D eigenvalue weighted by atomic mass is 16.6. The van der Waals surface area contributed by atoms with Gasteiger partial charge >= 0.3 is 5.97 Å². The Bertz CT molecular complexity index is 1090. The van der Waals surface area contributed by atoms with E-state index in [2.05, 4.69) is 0 Å². The molecule has 0 amide bonds. The van der Waals surface area contributed by atoms with Crippen LogP contribution < -0.4 is 9.47 Å². The molecular formula is C22H18O4. The summed E-state index contributed by atoms with van der Waals surface area (Å²) < 4.78 is 17.0. The van der Waals surface area contributed by atoms with E-state index in [9.17, 15) is 4.79 Å². The van der Waals surface area contributed by atoms with Gasteiger partial charge in [0.25, 0.3) is 0 Å². The van der Waals surface area contributed by atoms with Gasteiger partial charge < -0.3 is 13.9 Å². The second-order valence-corrected chi connectivity index (χ2v) is 6.25. The average Bonchev–Trinajstić information content (AvgIpc) is 3.00. The topological polar surface area (TPSA) is 48.7 Å². The van der Waals surface area contributed by atoms with Gasteiger partial charge in [0.05, 0.1) is 0 Å². The maximum Gasteiger partial charge on any atom is 0.352 e. The van der Waals surface area contributed by atoms with Gasteiger partial charge in [-0.15, -0.1) is 0 Å². The number of esters is 1. The fourth-order valence-corrected chi connectivity index (χ4v) is 2.91. The van der Waals surface area contributed by atoms with Crippen LogP contribution in [0.15, 0.2) is 71.1 Å². The highest BCUT2D eigenvalue weighted by Gasteiger charge is 2.18. The lowest BCUT2D eigenvalue weighted by Gasteiger charge is -2.14. The number of aryl methyl sites for hydroxylation is 1. The molecule has 0 radical (unpaired) electrons. The van der Waals surface area contributed by atoms with E-state index in [0.717, 1.165) is 27.5 Å². The number of ether oxygens (including phenoxy) is 2. The molecule has 1 heterocycles. The third-order valence-corrected chi connectivity index (χ3v) is 4.20. The van der Waals surface area contributed by atoms with Crippen molar-refractivity contribution >= 4 is 27.9 Å². The van der Waals surface area contributed by atoms with Crippen LogP contribution in [0.1, 0.15) is 12.5 Å². The SMILES string of the molecule is Cc1cccc(O[C@H](C)C(=O)Oc2ccc3oc4ccccc4c3c2)c1. The number of rotatable bonds is 4. The van der Waals surface area contributed by atoms with E-state index >= 15 is 0 Å². The number of carbonyl (C=O) groups excluding carboxylic acids is 1. The van der Waals surface area contributed by atoms with E-state index in [-0.39, 0.29) is 0 Å². The third-order valence-electron chi connectivity index (χ3n) is 4.20. The summed E-state index contributed by atoms with van der Waals surface area (Å²) >= 11 is 0. The molecule has 3 aromatic carbocycles. The number of fused-ring (bicyclic) bond motifs is 3. The average molecular weight is 346 g/mol. The molecule has 0 saturated heterocycles. The van der Waals surface area contributed by atoms with E-state index in [4.69, 9.17) is 13.9 Å². The van der Waals surface area contributed by atoms with Crippen LogP contribution in [0, 0.1) is 6.92 Å². The summed E-state index contributed by atoms with van der Waals surface area (Å²) in [5.41, 5.74) is 2.64. The van der Waals surface area contributed by atoms with Crippen molar-refractivity contribution in [3.63, 3.8) is 0 Å². The number of para-hydroxylation sites is 1. The van der Waals surface area contributed by atoms with Gasteiger partial charge in [-0.25, -0.2) is 4.79 Å². The first-order valence-electron chi connectivity index (χ1n) is 8.46. The number of hydrogen-bond donors (Lipinski definition) is 0. The van der Waals surface area contributed by atoms with Gasteiger partial charge in [-0.2, -0.15) is 0 Å². The fourth-order valence-electron chi connectivity index (χ4n) is 2.91. The highest BCUT2D eigenvalue weighted by Crippen LogP contribution is 2.31. The molecule has 0 aliphatic heterocycles. The molecule has 1 atom stereocenters. The third kappa shape index (κ3) is 3.14. The molecule has 130 valence electrons. The molecule has 0 spiro atoms. The molecule has 0 aliphatic carbocycles. The molecule has 0 unspecified atom stereocenters. The Balaban J connectivity index is 1.54. The van der Waals surface area contributed by atoms with Gasteiger partial charge in [-0.1, -0.05) is 30.3 Å². The predicted octanol–water partition coefficient (Wildman–Crippen LogP) is 5.27. The van der Waals surface area contributed by atoms with Crippen LogP contribution in [-0.2, 0) is 4.79 Å². The van der Waals surface area contributed by atoms with Crippen LogP contribution in [0.5, 0.6) is 11.5 Å². The Labute approximate surface area is 150 Å². The second-order valence-electron chi connectivity index (χ2n) is 6.25. The van der Waals surface area contributed by atoms with Crippen molar-refractivity contribution in [3.8, 4) is 11.5 Å². The Morgan fingerprint density at radius 3 is 2.54 bits per heavy atom. The molecule has 4 nitrogen and oxygen atoms in total. The van der Waals surface area contributed by atoms with Gasteiger partial charge in [0, 0.05) is 10.8 Å². The Hall–Kier alpha value is -3.27. The summed E-state index contributed by atoms with van der Waals surface area (Å²) in [6, 6.07) is 20.7. The first kappa shape index (κ1) is 16.2. The fraction of sp³-hybridized carbons (Fsp3) is 0.136. The molecule has 4 rings (SSSR count). The summed E-state index contributed by atoms with van der Waals surface area (Å²) in [6.07, 6.45) is -0.714. The molecule has 0 N–H and O–H groups in total. The minimum atomic E-state index is -0.714. The van der Waals surface area contributed by atoms with Gasteiger partial charge in [0.2, 0.25) is 0 Å². The number of benzene rings is 3. The first-order valence-corrected chi connectivity index (χ1v) is 8.46. The number of furan rings is 1. The zero-order valence-electron chi connectivity index (χ0n) is 14.6. The maximum atomic E-state index is 12.4. The van der Waals surface area contributed by atoms with Gasteiger partial charge in [0.15, 0.2) is 6.10 Å². The Morgan fingerprint density at radius 1 is 0.885 bits per heavy atom. The molecule has 0 saturated carbocycles. The van der Waals surface area contributed by atoms with E-state index < -0.39 is 12.1 Å². The lowest BCUT2D eigenvalue weighted by Crippen LogP contribution is -2.28. The quantitative estimate of drug-likeness (QED) is 0.373. The van der Waals surface area contributed by atoms with Crippen molar-refractivity contribution in [2.24, 2.45) is 0 Å². The molecule has 26 heavy (non-hydrogen) atoms. The van der Waals surface area contributed by atoms with Crippen LogP contribution in [0.4, 0.5) is 0 Å². The maximum absolute atomic E-state index is 12.4. The van der Waals surface area contributed by atoms with Crippen molar-refractivity contribution in [1.82, 2.24) is 0 Å². The van der Waals surface area contributed by atoms with Crippen molar-refractivity contribution in [3.05, 3.63) is 72.3 Å². The zero-order chi connectivity index (χ0) is 18.1. The minimum absolute atomic E-state index is 0.446. The zero-order valence-corrected chi connectivity index (χ0v) is 14.6. The van der Waals surface area contributed by atoms with Crippen LogP contribution in [0.3, 0.4) is 0 Å². The first-order chi connectivity index (χ1) is 12.6. The Kier molecular flexibility index (Phi) is 4.09. The van der Waals surface area contributed by atoms with E-state index in [1.54, 1.807) is 13.0 Å². The highest BCUT2D eigenvalue weighted by molar-refractivity contribution is 6.05. The lowest BCUT2D eigenvalue weighted by atomic mass is 10.1. The monoisotopic (exact) mass is 346 g/mol. The summed E-state index contributed by atoms with van der Waals surface area (Å²) in [5, 5.41) is 1.91. The minimum Gasteiger partial charge on any atom is -0.479 e. The summed E-state index contributed by atoms with van der Waals surface area (Å²) in [4.78, 5) is 12.4. The second kappa shape index (κ2) is 6.56. The summed E-state index contributed by atoms with van der Waals surface area (Å²) in [6.45, 7) is 3.65. The van der Waals surface area contributed by atoms with Crippen LogP contribution in [0.25, 0.3) is 21.9 Å². The molecule has 4 aromatic rings. The molecule has 0 aliphatic rings. The van der Waals surface area contributed by atoms with E-state index in [1.807, 2.05) is 67.6 Å². The summed E-state index contributed by atoms with van der Waals surface area (Å²) in [5.74, 6) is 0.665. The van der Waals surface area contributed by atoms with Crippen LogP contribution in [0.2, 0.25) is 0 Å². The molecular weight excluding hydrogens is 328 g/mol. The normalized spacial score (nSPS) is 12.2. The van der Waals surface area contributed by atoms with Gasteiger partial charge in [-0.3, -0.25) is 0 Å². The van der Waals surface area contributed by atoms with Crippen molar-refractivity contribution in [2.45, 2.75) is 20.0 Å². The predicted molar refractivity (Wildman–Crippen MR) is 101 cm³/mol. The van der Waals surface area contributed by atoms with Crippen LogP contribution in [-0.4, -0.2) is 12.1 Å². The molecule has 0 bridgehead atoms. The molecule has 4 heteroatoms. The van der Waals surface area contributed by atoms with Crippen molar-refractivity contribution in [1.29, 1.82) is 0 Å². The lowest BCUT2D eigenvalue weighted by molar-refractivity contribution is -0.141. The molecule has 0 fully saturated rings. The van der Waals surface area contributed by atoms with Crippen molar-refractivity contribution < 1.29 is 18.7 Å². The van der Waals surface area contributed by atoms with Crippen molar-refractivity contribution in [2.75, 3.05) is 0 Å². The number of carbonyl (C=O) groups is 1. The smallest absolute Gasteiger partial charge is 0.352 e. The Morgan fingerprint density at radius 2 is 1.69 bits per heavy atom.